The van der Waals surface area contributed by atoms with Crippen molar-refractivity contribution in [3.05, 3.63) is 86.3 Å². The van der Waals surface area contributed by atoms with E-state index in [1.807, 2.05) is 0 Å². The number of hydrogen-bond donors (Lipinski definition) is 0. The summed E-state index contributed by atoms with van der Waals surface area (Å²) in [5, 5.41) is 0. The SMILES string of the molecule is Cc1cc(C)c(-c2cccc(-c3c(C)cc(C)cc3C)c2N([As](C)Cl)[Si](C)(C)N=[N+]=[N-])c(C)c1. The van der Waals surface area contributed by atoms with Gasteiger partial charge in [0.15, 0.2) is 0 Å². The molecule has 178 valence electrons. The van der Waals surface area contributed by atoms with Crippen LogP contribution < -0.4 is 3.48 Å². The van der Waals surface area contributed by atoms with Gasteiger partial charge in [0.25, 0.3) is 0 Å². The van der Waals surface area contributed by atoms with Gasteiger partial charge in [-0.1, -0.05) is 0 Å². The second kappa shape index (κ2) is 10.2. The molecule has 3 rings (SSSR count). The molecule has 0 aliphatic carbocycles. The summed E-state index contributed by atoms with van der Waals surface area (Å²) in [7, 11) is 4.47. The number of benzene rings is 3. The number of rotatable bonds is 6. The van der Waals surface area contributed by atoms with Crippen molar-refractivity contribution in [2.24, 2.45) is 4.78 Å². The molecule has 3 aromatic rings. The van der Waals surface area contributed by atoms with Crippen LogP contribution in [0.4, 0.5) is 5.69 Å². The number of para-hydroxylation sites is 1. The van der Waals surface area contributed by atoms with Gasteiger partial charge in [-0.15, -0.1) is 0 Å². The fourth-order valence-corrected chi connectivity index (χ4v) is 15.9. The first-order valence-electron chi connectivity index (χ1n) is 11.4. The van der Waals surface area contributed by atoms with Gasteiger partial charge in [0.05, 0.1) is 0 Å². The van der Waals surface area contributed by atoms with Crippen LogP contribution in [0.5, 0.6) is 0 Å². The van der Waals surface area contributed by atoms with Crippen LogP contribution in [0.25, 0.3) is 32.7 Å². The predicted octanol–water partition coefficient (Wildman–Crippen LogP) is 9.05. The molecule has 1 unspecified atom stereocenters. The molecule has 7 heteroatoms. The van der Waals surface area contributed by atoms with Gasteiger partial charge in [-0.3, -0.25) is 0 Å². The Morgan fingerprint density at radius 2 is 1.21 bits per heavy atom. The fourth-order valence-electron chi connectivity index (χ4n) is 5.29. The summed E-state index contributed by atoms with van der Waals surface area (Å²) >= 11 is -2.03. The minimum absolute atomic E-state index is 1.11. The van der Waals surface area contributed by atoms with Crippen LogP contribution in [-0.4, -0.2) is 22.3 Å². The Kier molecular flexibility index (Phi) is 7.94. The molecule has 0 N–H and O–H groups in total. The molecule has 0 spiro atoms. The molecule has 0 saturated carbocycles. The summed E-state index contributed by atoms with van der Waals surface area (Å²) in [6.45, 7) is 17.2. The van der Waals surface area contributed by atoms with Crippen LogP contribution in [0.3, 0.4) is 0 Å². The maximum atomic E-state index is 9.43. The molecule has 0 aliphatic rings. The van der Waals surface area contributed by atoms with Crippen molar-refractivity contribution in [2.75, 3.05) is 3.48 Å². The summed E-state index contributed by atoms with van der Waals surface area (Å²) in [6, 6.07) is 15.5. The zero-order valence-corrected chi connectivity index (χ0v) is 25.3. The molecular formula is C27H34AsClN4Si. The van der Waals surface area contributed by atoms with E-state index < -0.39 is 22.3 Å². The molecule has 3 aromatic carbocycles. The predicted molar refractivity (Wildman–Crippen MR) is 152 cm³/mol. The van der Waals surface area contributed by atoms with Gasteiger partial charge in [-0.05, 0) is 0 Å². The second-order valence-corrected chi connectivity index (χ2v) is 19.4. The summed E-state index contributed by atoms with van der Waals surface area (Å²) in [4.78, 5) is 3.24. The number of anilines is 1. The third kappa shape index (κ3) is 5.09. The third-order valence-electron chi connectivity index (χ3n) is 6.22. The molecule has 0 heterocycles. The van der Waals surface area contributed by atoms with E-state index in [9.17, 15) is 5.53 Å². The van der Waals surface area contributed by atoms with Crippen molar-refractivity contribution in [1.29, 1.82) is 0 Å². The number of halogens is 1. The van der Waals surface area contributed by atoms with E-state index in [1.54, 1.807) is 0 Å². The third-order valence-corrected chi connectivity index (χ3v) is 15.7. The summed E-state index contributed by atoms with van der Waals surface area (Å²) in [6.07, 6.45) is 0. The average Bonchev–Trinajstić information content (AvgIpc) is 2.67. The number of hydrogen-bond acceptors (Lipinski definition) is 2. The fraction of sp³-hybridized carbons (Fsp3) is 0.333. The van der Waals surface area contributed by atoms with Crippen LogP contribution >= 0.6 is 9.95 Å². The van der Waals surface area contributed by atoms with Crippen LogP contribution in [0.2, 0.25) is 18.8 Å². The molecule has 0 amide bonds. The molecule has 0 fully saturated rings. The maximum absolute atomic E-state index is 9.43. The molecule has 0 bridgehead atoms. The molecule has 0 aromatic heterocycles. The molecule has 1 atom stereocenters. The Bertz CT molecular complexity index is 1170. The van der Waals surface area contributed by atoms with Gasteiger partial charge in [0.2, 0.25) is 0 Å². The van der Waals surface area contributed by atoms with E-state index in [0.29, 0.717) is 0 Å². The number of nitrogens with zero attached hydrogens (tertiary/aromatic N) is 4. The Balaban J connectivity index is 2.54. The normalized spacial score (nSPS) is 12.3. The zero-order valence-electron chi connectivity index (χ0n) is 21.7. The monoisotopic (exact) mass is 552 g/mol. The summed E-state index contributed by atoms with van der Waals surface area (Å²) in [5.41, 5.74) is 24.9. The van der Waals surface area contributed by atoms with Gasteiger partial charge in [0.1, 0.15) is 0 Å². The van der Waals surface area contributed by atoms with Gasteiger partial charge >= 0.3 is 215 Å². The summed E-state index contributed by atoms with van der Waals surface area (Å²) in [5.74, 6) is 0. The Morgan fingerprint density at radius 1 is 0.824 bits per heavy atom. The first-order chi connectivity index (χ1) is 15.9. The van der Waals surface area contributed by atoms with Crippen LogP contribution in [0.1, 0.15) is 33.4 Å². The topological polar surface area (TPSA) is 52.0 Å². The quantitative estimate of drug-likeness (QED) is 0.130. The van der Waals surface area contributed by atoms with Crippen molar-refractivity contribution in [1.82, 2.24) is 0 Å². The van der Waals surface area contributed by atoms with Crippen LogP contribution in [-0.2, 0) is 0 Å². The average molecular weight is 553 g/mol. The Morgan fingerprint density at radius 3 is 1.53 bits per heavy atom. The van der Waals surface area contributed by atoms with E-state index in [1.165, 1.54) is 44.5 Å². The van der Waals surface area contributed by atoms with Gasteiger partial charge in [-0.2, -0.15) is 0 Å². The van der Waals surface area contributed by atoms with Gasteiger partial charge < -0.3 is 0 Å². The first-order valence-corrected chi connectivity index (χ1v) is 19.5. The van der Waals surface area contributed by atoms with Gasteiger partial charge in [0, 0.05) is 0 Å². The Hall–Kier alpha value is -2.16. The minimum atomic E-state index is -2.58. The molecule has 4 nitrogen and oxygen atoms in total. The van der Waals surface area contributed by atoms with Crippen LogP contribution in [0, 0.1) is 41.5 Å². The number of azide groups is 1. The number of aryl methyl sites for hydroxylation is 6. The van der Waals surface area contributed by atoms with E-state index in [-0.39, 0.29) is 0 Å². The second-order valence-electron chi connectivity index (χ2n) is 9.69. The summed E-state index contributed by atoms with van der Waals surface area (Å²) < 4.78 is 6.68. The Labute approximate surface area is 214 Å². The molecular weight excluding hydrogens is 519 g/mol. The molecule has 0 aliphatic heterocycles. The first kappa shape index (κ1) is 26.4. The molecule has 34 heavy (non-hydrogen) atoms. The van der Waals surface area contributed by atoms with E-state index in [0.717, 1.165) is 16.8 Å². The van der Waals surface area contributed by atoms with Crippen molar-refractivity contribution in [3.8, 4) is 22.3 Å². The van der Waals surface area contributed by atoms with E-state index in [2.05, 4.69) is 116 Å². The van der Waals surface area contributed by atoms with Crippen molar-refractivity contribution in [2.45, 2.75) is 60.3 Å². The van der Waals surface area contributed by atoms with Crippen molar-refractivity contribution < 1.29 is 0 Å². The van der Waals surface area contributed by atoms with Gasteiger partial charge in [-0.25, -0.2) is 0 Å². The zero-order chi connectivity index (χ0) is 25.4. The standard InChI is InChI=1S/C27H34AsClN4Si/c1-17-13-19(3)25(20(4)14-17)23-11-10-12-24(26-21(5)15-18(2)16-22(26)6)27(23)33(28(7)29)34(8,9)32-31-30/h10-16H,1-9H3. The molecule has 0 saturated heterocycles. The molecule has 0 radical (unpaired) electrons. The van der Waals surface area contributed by atoms with E-state index in [4.69, 9.17) is 9.95 Å². The van der Waals surface area contributed by atoms with Crippen LogP contribution in [0.15, 0.2) is 47.2 Å². The van der Waals surface area contributed by atoms with Crippen molar-refractivity contribution in [3.63, 3.8) is 0 Å². The van der Waals surface area contributed by atoms with Crippen molar-refractivity contribution >= 4 is 38.0 Å². The van der Waals surface area contributed by atoms with E-state index >= 15 is 0 Å².